The van der Waals surface area contributed by atoms with Crippen molar-refractivity contribution >= 4 is 23.9 Å². The number of hydrogen-bond acceptors (Lipinski definition) is 6. The summed E-state index contributed by atoms with van der Waals surface area (Å²) in [7, 11) is 0. The van der Waals surface area contributed by atoms with Gasteiger partial charge < -0.3 is 14.9 Å². The van der Waals surface area contributed by atoms with E-state index in [1.54, 1.807) is 12.1 Å². The topological polar surface area (TPSA) is 102 Å². The average Bonchev–Trinajstić information content (AvgIpc) is 3.38. The Bertz CT molecular complexity index is 1260. The van der Waals surface area contributed by atoms with E-state index in [9.17, 15) is 19.2 Å². The third-order valence-electron chi connectivity index (χ3n) is 6.15. The predicted octanol–water partition coefficient (Wildman–Crippen LogP) is 3.95. The summed E-state index contributed by atoms with van der Waals surface area (Å²) in [5.41, 5.74) is 5.52. The summed E-state index contributed by atoms with van der Waals surface area (Å²) in [5.74, 6) is -1.89. The van der Waals surface area contributed by atoms with E-state index in [0.717, 1.165) is 27.8 Å². The van der Waals surface area contributed by atoms with Crippen molar-refractivity contribution in [3.8, 4) is 11.1 Å². The number of imide groups is 1. The van der Waals surface area contributed by atoms with Crippen LogP contribution in [0.3, 0.4) is 0 Å². The summed E-state index contributed by atoms with van der Waals surface area (Å²) in [6.45, 7) is 0.424. The minimum absolute atomic E-state index is 0.0205. The molecule has 0 aromatic heterocycles. The van der Waals surface area contributed by atoms with E-state index < -0.39 is 23.9 Å². The zero-order chi connectivity index (χ0) is 24.4. The number of nitrogens with zero attached hydrogens (tertiary/aromatic N) is 1. The molecule has 3 amide bonds. The third kappa shape index (κ3) is 4.50. The van der Waals surface area contributed by atoms with Crippen LogP contribution in [-0.4, -0.2) is 35.5 Å². The second-order valence-corrected chi connectivity index (χ2v) is 8.34. The van der Waals surface area contributed by atoms with Crippen molar-refractivity contribution in [3.63, 3.8) is 0 Å². The SMILES string of the molecule is O=C(NCc1ccc(C(=O)ON2C(=O)CCC2=O)cc1)OCC1c2ccccc2-c2ccccc21. The molecule has 0 atom stereocenters. The van der Waals surface area contributed by atoms with Crippen molar-refractivity contribution in [2.45, 2.75) is 25.3 Å². The molecule has 1 aliphatic heterocycles. The lowest BCUT2D eigenvalue weighted by Crippen LogP contribution is -2.32. The van der Waals surface area contributed by atoms with Crippen molar-refractivity contribution in [1.82, 2.24) is 10.4 Å². The molecule has 0 bridgehead atoms. The van der Waals surface area contributed by atoms with Crippen LogP contribution in [0.25, 0.3) is 11.1 Å². The molecule has 0 radical (unpaired) electrons. The lowest BCUT2D eigenvalue weighted by atomic mass is 9.98. The Hall–Kier alpha value is -4.46. The van der Waals surface area contributed by atoms with Crippen LogP contribution in [0.2, 0.25) is 0 Å². The first-order valence-corrected chi connectivity index (χ1v) is 11.3. The monoisotopic (exact) mass is 470 g/mol. The second kappa shape index (κ2) is 9.42. The highest BCUT2D eigenvalue weighted by Gasteiger charge is 2.33. The largest absolute Gasteiger partial charge is 0.449 e. The van der Waals surface area contributed by atoms with E-state index in [4.69, 9.17) is 9.57 Å². The lowest BCUT2D eigenvalue weighted by Gasteiger charge is -2.15. The molecule has 2 aliphatic rings. The molecule has 1 fully saturated rings. The Balaban J connectivity index is 1.14. The molecule has 0 spiro atoms. The summed E-state index contributed by atoms with van der Waals surface area (Å²) in [6, 6.07) is 22.5. The number of hydrogen-bond donors (Lipinski definition) is 1. The summed E-state index contributed by atoms with van der Waals surface area (Å²) in [5, 5.41) is 3.22. The molecule has 1 N–H and O–H groups in total. The molecule has 1 saturated heterocycles. The summed E-state index contributed by atoms with van der Waals surface area (Å²) in [6.07, 6.45) is -0.472. The Morgan fingerprint density at radius 3 is 2.00 bits per heavy atom. The van der Waals surface area contributed by atoms with Gasteiger partial charge in [0.05, 0.1) is 5.56 Å². The van der Waals surface area contributed by atoms with Crippen LogP contribution in [-0.2, 0) is 25.7 Å². The number of rotatable bonds is 6. The van der Waals surface area contributed by atoms with Gasteiger partial charge in [0.1, 0.15) is 6.61 Å². The maximum absolute atomic E-state index is 12.4. The van der Waals surface area contributed by atoms with Crippen molar-refractivity contribution in [2.75, 3.05) is 6.61 Å². The van der Waals surface area contributed by atoms with Crippen molar-refractivity contribution in [2.24, 2.45) is 0 Å². The van der Waals surface area contributed by atoms with Crippen LogP contribution in [0.1, 0.15) is 45.8 Å². The highest BCUT2D eigenvalue weighted by molar-refractivity contribution is 6.02. The Morgan fingerprint density at radius 2 is 1.40 bits per heavy atom. The van der Waals surface area contributed by atoms with Crippen LogP contribution < -0.4 is 5.32 Å². The van der Waals surface area contributed by atoms with Crippen LogP contribution in [0.5, 0.6) is 0 Å². The van der Waals surface area contributed by atoms with Gasteiger partial charge in [0.15, 0.2) is 0 Å². The predicted molar refractivity (Wildman–Crippen MR) is 125 cm³/mol. The summed E-state index contributed by atoms with van der Waals surface area (Å²) < 4.78 is 5.52. The molecule has 1 aliphatic carbocycles. The Labute approximate surface area is 201 Å². The number of carbonyl (C=O) groups excluding carboxylic acids is 4. The number of alkyl carbamates (subject to hydrolysis) is 1. The second-order valence-electron chi connectivity index (χ2n) is 8.34. The first-order chi connectivity index (χ1) is 17.0. The number of fused-ring (bicyclic) bond motifs is 3. The van der Waals surface area contributed by atoms with Gasteiger partial charge in [-0.1, -0.05) is 60.7 Å². The number of ether oxygens (including phenoxy) is 1. The standard InChI is InChI=1S/C27H22N2O6/c30-24-13-14-25(31)29(24)35-26(32)18-11-9-17(10-12-18)15-28-27(33)34-16-23-21-7-3-1-5-19(21)20-6-2-4-8-22(20)23/h1-12,23H,13-16H2,(H,28,33). The zero-order valence-corrected chi connectivity index (χ0v) is 18.7. The molecule has 1 heterocycles. The Kier molecular flexibility index (Phi) is 6.01. The van der Waals surface area contributed by atoms with Crippen LogP contribution in [0.4, 0.5) is 4.79 Å². The van der Waals surface area contributed by atoms with E-state index in [1.165, 1.54) is 12.1 Å². The minimum Gasteiger partial charge on any atom is -0.449 e. The first-order valence-electron chi connectivity index (χ1n) is 11.3. The number of carbonyl (C=O) groups is 4. The Morgan fingerprint density at radius 1 is 0.829 bits per heavy atom. The molecule has 3 aromatic carbocycles. The molecule has 5 rings (SSSR count). The molecule has 176 valence electrons. The van der Waals surface area contributed by atoms with Crippen LogP contribution >= 0.6 is 0 Å². The maximum atomic E-state index is 12.4. The smallest absolute Gasteiger partial charge is 0.407 e. The number of hydroxylamine groups is 2. The molecule has 35 heavy (non-hydrogen) atoms. The van der Waals surface area contributed by atoms with E-state index in [-0.39, 0.29) is 37.5 Å². The number of nitrogens with one attached hydrogen (secondary N) is 1. The molecule has 0 saturated carbocycles. The fourth-order valence-corrected chi connectivity index (χ4v) is 4.38. The van der Waals surface area contributed by atoms with Gasteiger partial charge in [-0.25, -0.2) is 9.59 Å². The first kappa shape index (κ1) is 22.3. The van der Waals surface area contributed by atoms with Gasteiger partial charge in [-0.15, -0.1) is 5.06 Å². The zero-order valence-electron chi connectivity index (χ0n) is 18.7. The van der Waals surface area contributed by atoms with Gasteiger partial charge >= 0.3 is 12.1 Å². The van der Waals surface area contributed by atoms with E-state index in [0.29, 0.717) is 5.06 Å². The molecule has 3 aromatic rings. The molecule has 8 nitrogen and oxygen atoms in total. The van der Waals surface area contributed by atoms with Gasteiger partial charge in [-0.3, -0.25) is 9.59 Å². The highest BCUT2D eigenvalue weighted by Crippen LogP contribution is 2.44. The lowest BCUT2D eigenvalue weighted by molar-refractivity contribution is -0.172. The minimum atomic E-state index is -0.801. The maximum Gasteiger partial charge on any atom is 0.407 e. The fraction of sp³-hybridized carbons (Fsp3) is 0.185. The van der Waals surface area contributed by atoms with Gasteiger partial charge in [0.2, 0.25) is 0 Å². The quantitative estimate of drug-likeness (QED) is 0.548. The normalized spacial score (nSPS) is 14.5. The van der Waals surface area contributed by atoms with Crippen molar-refractivity contribution in [1.29, 1.82) is 0 Å². The van der Waals surface area contributed by atoms with Gasteiger partial charge in [-0.2, -0.15) is 0 Å². The molecular weight excluding hydrogens is 448 g/mol. The number of amides is 3. The van der Waals surface area contributed by atoms with Gasteiger partial charge in [0.25, 0.3) is 11.8 Å². The van der Waals surface area contributed by atoms with Crippen LogP contribution in [0.15, 0.2) is 72.8 Å². The summed E-state index contributed by atoms with van der Waals surface area (Å²) in [4.78, 5) is 52.6. The average molecular weight is 470 g/mol. The van der Waals surface area contributed by atoms with E-state index in [1.807, 2.05) is 24.3 Å². The van der Waals surface area contributed by atoms with E-state index in [2.05, 4.69) is 29.6 Å². The summed E-state index contributed by atoms with van der Waals surface area (Å²) >= 11 is 0. The molecule has 0 unspecified atom stereocenters. The van der Waals surface area contributed by atoms with E-state index >= 15 is 0 Å². The fourth-order valence-electron chi connectivity index (χ4n) is 4.38. The molecule has 8 heteroatoms. The highest BCUT2D eigenvalue weighted by atomic mass is 16.7. The van der Waals surface area contributed by atoms with Crippen LogP contribution in [0, 0.1) is 0 Å². The third-order valence-corrected chi connectivity index (χ3v) is 6.15. The molecular formula is C27H22N2O6. The van der Waals surface area contributed by atoms with Gasteiger partial charge in [0, 0.05) is 25.3 Å². The van der Waals surface area contributed by atoms with Crippen molar-refractivity contribution < 1.29 is 28.8 Å². The number of benzene rings is 3. The van der Waals surface area contributed by atoms with Gasteiger partial charge in [-0.05, 0) is 39.9 Å². The van der Waals surface area contributed by atoms with Crippen molar-refractivity contribution in [3.05, 3.63) is 95.1 Å².